The molecule has 0 aliphatic carbocycles. The van der Waals surface area contributed by atoms with Crippen LogP contribution in [0.2, 0.25) is 0 Å². The van der Waals surface area contributed by atoms with E-state index in [2.05, 4.69) is 48.6 Å². The molecule has 1 unspecified atom stereocenters. The Hall–Kier alpha value is -1.36. The molecule has 0 fully saturated rings. The quantitative estimate of drug-likeness (QED) is 0.673. The van der Waals surface area contributed by atoms with Gasteiger partial charge in [-0.2, -0.15) is 0 Å². The summed E-state index contributed by atoms with van der Waals surface area (Å²) in [7, 11) is 0. The van der Waals surface area contributed by atoms with Gasteiger partial charge in [-0.25, -0.2) is 0 Å². The first kappa shape index (κ1) is 16.0. The molecule has 110 valence electrons. The zero-order valence-electron chi connectivity index (χ0n) is 12.4. The second kappa shape index (κ2) is 7.59. The normalized spacial score (nSPS) is 12.0. The van der Waals surface area contributed by atoms with Crippen molar-refractivity contribution in [1.29, 1.82) is 0 Å². The van der Waals surface area contributed by atoms with Gasteiger partial charge in [-0.15, -0.1) is 0 Å². The minimum atomic E-state index is 0.109. The highest BCUT2D eigenvalue weighted by Gasteiger charge is 2.22. The molecule has 2 nitrogen and oxygen atoms in total. The van der Waals surface area contributed by atoms with E-state index in [0.29, 0.717) is 6.54 Å². The Kier molecular flexibility index (Phi) is 5.79. The molecule has 1 atom stereocenters. The molecule has 0 radical (unpaired) electrons. The summed E-state index contributed by atoms with van der Waals surface area (Å²) < 4.78 is 1.00. The summed E-state index contributed by atoms with van der Waals surface area (Å²) in [6.45, 7) is 4.88. The molecule has 0 N–H and O–H groups in total. The van der Waals surface area contributed by atoms with E-state index in [-0.39, 0.29) is 11.9 Å². The monoisotopic (exact) mass is 393 g/mol. The molecule has 0 bridgehead atoms. The average Bonchev–Trinajstić information content (AvgIpc) is 2.53. The Labute approximate surface area is 140 Å². The summed E-state index contributed by atoms with van der Waals surface area (Å²) in [6, 6.07) is 18.2. The first-order chi connectivity index (χ1) is 10.1. The summed E-state index contributed by atoms with van der Waals surface area (Å²) in [5.74, 6) is 0.109. The highest BCUT2D eigenvalue weighted by atomic mass is 127. The maximum Gasteiger partial charge on any atom is 0.255 e. The third-order valence-electron chi connectivity index (χ3n) is 3.68. The minimum absolute atomic E-state index is 0.109. The van der Waals surface area contributed by atoms with Crippen molar-refractivity contribution in [3.8, 4) is 0 Å². The second-order valence-electron chi connectivity index (χ2n) is 5.16. The Morgan fingerprint density at radius 2 is 1.71 bits per heavy atom. The molecule has 2 aromatic rings. The van der Waals surface area contributed by atoms with E-state index in [1.54, 1.807) is 0 Å². The summed E-state index contributed by atoms with van der Waals surface area (Å²) in [6.07, 6.45) is 0.946. The minimum Gasteiger partial charge on any atom is -0.332 e. The van der Waals surface area contributed by atoms with E-state index in [0.717, 1.165) is 21.1 Å². The number of benzene rings is 2. The van der Waals surface area contributed by atoms with Crippen LogP contribution in [-0.4, -0.2) is 16.8 Å². The molecular formula is C18H20INO. The van der Waals surface area contributed by atoms with Crippen LogP contribution in [0.15, 0.2) is 54.6 Å². The van der Waals surface area contributed by atoms with Crippen LogP contribution < -0.4 is 0 Å². The van der Waals surface area contributed by atoms with Gasteiger partial charge in [0.15, 0.2) is 0 Å². The molecule has 0 saturated carbocycles. The van der Waals surface area contributed by atoms with Crippen molar-refractivity contribution in [2.24, 2.45) is 0 Å². The lowest BCUT2D eigenvalue weighted by Gasteiger charge is -2.29. The SMILES string of the molecule is CCC(C)N(Cc1ccccc1)C(=O)c1ccccc1I. The molecule has 0 aromatic heterocycles. The number of nitrogens with zero attached hydrogens (tertiary/aromatic N) is 1. The van der Waals surface area contributed by atoms with Crippen LogP contribution in [0.1, 0.15) is 36.2 Å². The van der Waals surface area contributed by atoms with E-state index in [1.165, 1.54) is 0 Å². The standard InChI is InChI=1S/C18H20INO/c1-3-14(2)20(13-15-9-5-4-6-10-15)18(21)16-11-7-8-12-17(16)19/h4-12,14H,3,13H2,1-2H3. The molecule has 21 heavy (non-hydrogen) atoms. The van der Waals surface area contributed by atoms with Crippen molar-refractivity contribution >= 4 is 28.5 Å². The fourth-order valence-corrected chi connectivity index (χ4v) is 2.84. The van der Waals surface area contributed by atoms with Gasteiger partial charge in [0, 0.05) is 16.2 Å². The highest BCUT2D eigenvalue weighted by Crippen LogP contribution is 2.19. The Morgan fingerprint density at radius 1 is 1.10 bits per heavy atom. The maximum absolute atomic E-state index is 12.9. The van der Waals surface area contributed by atoms with Gasteiger partial charge in [-0.3, -0.25) is 4.79 Å². The van der Waals surface area contributed by atoms with Crippen LogP contribution >= 0.6 is 22.6 Å². The van der Waals surface area contributed by atoms with Gasteiger partial charge in [0.05, 0.1) is 5.56 Å². The molecule has 0 spiro atoms. The third-order valence-corrected chi connectivity index (χ3v) is 4.62. The number of hydrogen-bond acceptors (Lipinski definition) is 1. The van der Waals surface area contributed by atoms with Gasteiger partial charge in [0.1, 0.15) is 0 Å². The third kappa shape index (κ3) is 4.06. The molecule has 3 heteroatoms. The Balaban J connectivity index is 2.28. The second-order valence-corrected chi connectivity index (χ2v) is 6.32. The van der Waals surface area contributed by atoms with Crippen LogP contribution in [0.25, 0.3) is 0 Å². The van der Waals surface area contributed by atoms with Gasteiger partial charge in [0.2, 0.25) is 0 Å². The van der Waals surface area contributed by atoms with Crippen LogP contribution in [0, 0.1) is 3.57 Å². The molecule has 0 aliphatic rings. The number of carbonyl (C=O) groups is 1. The van der Waals surface area contributed by atoms with Gasteiger partial charge < -0.3 is 4.90 Å². The number of rotatable bonds is 5. The largest absolute Gasteiger partial charge is 0.332 e. The van der Waals surface area contributed by atoms with E-state index >= 15 is 0 Å². The molecule has 0 heterocycles. The van der Waals surface area contributed by atoms with Crippen molar-refractivity contribution in [2.75, 3.05) is 0 Å². The van der Waals surface area contributed by atoms with Crippen LogP contribution in [0.3, 0.4) is 0 Å². The number of carbonyl (C=O) groups excluding carboxylic acids is 1. The number of amides is 1. The van der Waals surface area contributed by atoms with Gasteiger partial charge in [-0.05, 0) is 53.6 Å². The van der Waals surface area contributed by atoms with E-state index < -0.39 is 0 Å². The number of hydrogen-bond donors (Lipinski definition) is 0. The van der Waals surface area contributed by atoms with Crippen molar-refractivity contribution in [3.63, 3.8) is 0 Å². The van der Waals surface area contributed by atoms with Crippen LogP contribution in [-0.2, 0) is 6.54 Å². The van der Waals surface area contributed by atoms with Crippen molar-refractivity contribution in [1.82, 2.24) is 4.90 Å². The van der Waals surface area contributed by atoms with Gasteiger partial charge >= 0.3 is 0 Å². The van der Waals surface area contributed by atoms with E-state index in [4.69, 9.17) is 0 Å². The number of halogens is 1. The summed E-state index contributed by atoms with van der Waals surface area (Å²) in [5, 5.41) is 0. The van der Waals surface area contributed by atoms with E-state index in [1.807, 2.05) is 47.4 Å². The molecule has 0 saturated heterocycles. The predicted molar refractivity (Wildman–Crippen MR) is 95.2 cm³/mol. The summed E-state index contributed by atoms with van der Waals surface area (Å²) in [5.41, 5.74) is 1.95. The lowest BCUT2D eigenvalue weighted by atomic mass is 10.1. The van der Waals surface area contributed by atoms with Crippen LogP contribution in [0.4, 0.5) is 0 Å². The first-order valence-corrected chi connectivity index (χ1v) is 8.30. The predicted octanol–water partition coefficient (Wildman–Crippen LogP) is 4.73. The fraction of sp³-hybridized carbons (Fsp3) is 0.278. The highest BCUT2D eigenvalue weighted by molar-refractivity contribution is 14.1. The fourth-order valence-electron chi connectivity index (χ4n) is 2.22. The maximum atomic E-state index is 12.9. The lowest BCUT2D eigenvalue weighted by molar-refractivity contribution is 0.0670. The lowest BCUT2D eigenvalue weighted by Crippen LogP contribution is -2.38. The zero-order valence-corrected chi connectivity index (χ0v) is 14.6. The summed E-state index contributed by atoms with van der Waals surface area (Å²) >= 11 is 2.23. The molecule has 2 rings (SSSR count). The van der Waals surface area contributed by atoms with Gasteiger partial charge in [0.25, 0.3) is 5.91 Å². The molecule has 2 aromatic carbocycles. The smallest absolute Gasteiger partial charge is 0.255 e. The van der Waals surface area contributed by atoms with Crippen LogP contribution in [0.5, 0.6) is 0 Å². The Morgan fingerprint density at radius 3 is 2.33 bits per heavy atom. The van der Waals surface area contributed by atoms with Crippen molar-refractivity contribution in [2.45, 2.75) is 32.9 Å². The zero-order chi connectivity index (χ0) is 15.2. The Bertz CT molecular complexity index is 597. The first-order valence-electron chi connectivity index (χ1n) is 7.23. The topological polar surface area (TPSA) is 20.3 Å². The van der Waals surface area contributed by atoms with Gasteiger partial charge in [-0.1, -0.05) is 49.4 Å². The molecule has 0 aliphatic heterocycles. The molecule has 1 amide bonds. The van der Waals surface area contributed by atoms with E-state index in [9.17, 15) is 4.79 Å². The average molecular weight is 393 g/mol. The van der Waals surface area contributed by atoms with Crippen molar-refractivity contribution < 1.29 is 4.79 Å². The summed E-state index contributed by atoms with van der Waals surface area (Å²) in [4.78, 5) is 14.9. The van der Waals surface area contributed by atoms with Crippen molar-refractivity contribution in [3.05, 3.63) is 69.3 Å². The molecular weight excluding hydrogens is 373 g/mol.